The second-order valence-corrected chi connectivity index (χ2v) is 6.72. The van der Waals surface area contributed by atoms with Gasteiger partial charge in [-0.2, -0.15) is 0 Å². The van der Waals surface area contributed by atoms with Crippen molar-refractivity contribution in [1.82, 2.24) is 10.2 Å². The summed E-state index contributed by atoms with van der Waals surface area (Å²) in [5.74, 6) is -0.817. The summed E-state index contributed by atoms with van der Waals surface area (Å²) in [4.78, 5) is 37.4. The summed E-state index contributed by atoms with van der Waals surface area (Å²) in [5, 5.41) is 2.41. The predicted molar refractivity (Wildman–Crippen MR) is 112 cm³/mol. The van der Waals surface area contributed by atoms with Gasteiger partial charge in [0, 0.05) is 13.1 Å². The summed E-state index contributed by atoms with van der Waals surface area (Å²) >= 11 is 0. The summed E-state index contributed by atoms with van der Waals surface area (Å²) in [6.45, 7) is 0.185. The minimum absolute atomic E-state index is 0.208. The average Bonchev–Trinajstić information content (AvgIpc) is 2.81. The molecule has 1 aliphatic heterocycles. The van der Waals surface area contributed by atoms with Crippen molar-refractivity contribution in [3.63, 3.8) is 0 Å². The number of hydrogen-bond donors (Lipinski definition) is 1. The molecule has 2 amide bonds. The number of benzene rings is 2. The lowest BCUT2D eigenvalue weighted by atomic mass is 10.00. The number of ether oxygens (including phenoxy) is 2. The Labute approximate surface area is 175 Å². The maximum Gasteiger partial charge on any atom is 0.325 e. The molecule has 0 saturated heterocycles. The monoisotopic (exact) mass is 408 g/mol. The van der Waals surface area contributed by atoms with Gasteiger partial charge in [0.25, 0.3) is 11.8 Å². The van der Waals surface area contributed by atoms with E-state index in [4.69, 9.17) is 9.47 Å². The fraction of sp³-hybridized carbons (Fsp3) is 0.261. The largest absolute Gasteiger partial charge is 0.484 e. The Bertz CT molecular complexity index is 896. The number of hydrogen-bond acceptors (Lipinski definition) is 5. The molecule has 156 valence electrons. The molecule has 3 rings (SSSR count). The van der Waals surface area contributed by atoms with Gasteiger partial charge < -0.3 is 19.7 Å². The highest BCUT2D eigenvalue weighted by molar-refractivity contribution is 5.85. The Morgan fingerprint density at radius 1 is 0.933 bits per heavy atom. The standard InChI is InChI=1S/C23H24N2O5/c26-21(16-29-20-9-5-2-6-10-20)24-15-23(28)30-17-22(27)25-13-11-19(12-14-25)18-7-3-1-4-8-18/h1-11H,12-17H2,(H,24,26). The molecule has 1 heterocycles. The highest BCUT2D eigenvalue weighted by atomic mass is 16.5. The zero-order valence-electron chi connectivity index (χ0n) is 16.6. The van der Waals surface area contributed by atoms with Gasteiger partial charge in [-0.05, 0) is 29.7 Å². The Hall–Kier alpha value is -3.61. The molecular formula is C23H24N2O5. The minimum atomic E-state index is -0.672. The van der Waals surface area contributed by atoms with E-state index in [2.05, 4.69) is 5.32 Å². The highest BCUT2D eigenvalue weighted by Gasteiger charge is 2.19. The van der Waals surface area contributed by atoms with Crippen LogP contribution >= 0.6 is 0 Å². The molecule has 0 aliphatic carbocycles. The van der Waals surface area contributed by atoms with E-state index in [1.54, 1.807) is 29.2 Å². The van der Waals surface area contributed by atoms with E-state index in [0.717, 1.165) is 12.0 Å². The topological polar surface area (TPSA) is 84.9 Å². The molecule has 1 aliphatic rings. The Kier molecular flexibility index (Phi) is 7.60. The van der Waals surface area contributed by atoms with E-state index in [9.17, 15) is 14.4 Å². The molecule has 0 spiro atoms. The van der Waals surface area contributed by atoms with E-state index in [-0.39, 0.29) is 25.7 Å². The van der Waals surface area contributed by atoms with Crippen molar-refractivity contribution < 1.29 is 23.9 Å². The molecule has 2 aromatic carbocycles. The number of esters is 1. The third kappa shape index (κ3) is 6.48. The van der Waals surface area contributed by atoms with Crippen molar-refractivity contribution in [3.8, 4) is 5.75 Å². The number of para-hydroxylation sites is 1. The zero-order valence-corrected chi connectivity index (χ0v) is 16.6. The molecule has 0 atom stereocenters. The predicted octanol–water partition coefficient (Wildman–Crippen LogP) is 2.04. The number of nitrogens with one attached hydrogen (secondary N) is 1. The molecule has 30 heavy (non-hydrogen) atoms. The molecule has 0 fully saturated rings. The number of carbonyl (C=O) groups is 3. The Balaban J connectivity index is 1.33. The SMILES string of the molecule is O=C(COc1ccccc1)NCC(=O)OCC(=O)N1CC=C(c2ccccc2)CC1. The molecule has 2 aromatic rings. The van der Waals surface area contributed by atoms with Crippen LogP contribution in [0.15, 0.2) is 66.7 Å². The molecule has 0 saturated carbocycles. The lowest BCUT2D eigenvalue weighted by Gasteiger charge is -2.26. The van der Waals surface area contributed by atoms with Crippen LogP contribution in [-0.4, -0.2) is 55.5 Å². The van der Waals surface area contributed by atoms with Crippen LogP contribution in [-0.2, 0) is 19.1 Å². The third-order valence-corrected chi connectivity index (χ3v) is 4.61. The van der Waals surface area contributed by atoms with E-state index >= 15 is 0 Å². The molecule has 7 nitrogen and oxygen atoms in total. The normalized spacial score (nSPS) is 13.2. The van der Waals surface area contributed by atoms with Gasteiger partial charge in [0.1, 0.15) is 12.3 Å². The first-order valence-electron chi connectivity index (χ1n) is 9.74. The van der Waals surface area contributed by atoms with Crippen LogP contribution < -0.4 is 10.1 Å². The fourth-order valence-corrected chi connectivity index (χ4v) is 2.98. The number of amides is 2. The van der Waals surface area contributed by atoms with Crippen molar-refractivity contribution in [3.05, 3.63) is 72.3 Å². The van der Waals surface area contributed by atoms with Crippen molar-refractivity contribution in [2.24, 2.45) is 0 Å². The van der Waals surface area contributed by atoms with Gasteiger partial charge in [-0.25, -0.2) is 0 Å². The zero-order chi connectivity index (χ0) is 21.2. The van der Waals surface area contributed by atoms with Gasteiger partial charge in [-0.3, -0.25) is 14.4 Å². The fourth-order valence-electron chi connectivity index (χ4n) is 2.98. The molecule has 0 radical (unpaired) electrons. The van der Waals surface area contributed by atoms with Gasteiger partial charge in [0.05, 0.1) is 0 Å². The molecular weight excluding hydrogens is 384 g/mol. The van der Waals surface area contributed by atoms with Crippen LogP contribution in [0.3, 0.4) is 0 Å². The van der Waals surface area contributed by atoms with Gasteiger partial charge in [-0.15, -0.1) is 0 Å². The first-order chi connectivity index (χ1) is 14.6. The van der Waals surface area contributed by atoms with Crippen LogP contribution in [0.2, 0.25) is 0 Å². The van der Waals surface area contributed by atoms with Crippen LogP contribution in [0.1, 0.15) is 12.0 Å². The Morgan fingerprint density at radius 3 is 2.30 bits per heavy atom. The van der Waals surface area contributed by atoms with Crippen LogP contribution in [0.5, 0.6) is 5.75 Å². The van der Waals surface area contributed by atoms with Crippen LogP contribution in [0.4, 0.5) is 0 Å². The van der Waals surface area contributed by atoms with Crippen LogP contribution in [0, 0.1) is 0 Å². The lowest BCUT2D eigenvalue weighted by Crippen LogP contribution is -2.39. The first-order valence-corrected chi connectivity index (χ1v) is 9.74. The summed E-state index contributed by atoms with van der Waals surface area (Å²) in [7, 11) is 0. The van der Waals surface area contributed by atoms with E-state index in [1.165, 1.54) is 5.57 Å². The van der Waals surface area contributed by atoms with Crippen LogP contribution in [0.25, 0.3) is 5.57 Å². The molecule has 0 aromatic heterocycles. The minimum Gasteiger partial charge on any atom is -0.484 e. The van der Waals surface area contributed by atoms with Crippen molar-refractivity contribution in [2.45, 2.75) is 6.42 Å². The van der Waals surface area contributed by atoms with Gasteiger partial charge in [-0.1, -0.05) is 54.6 Å². The average molecular weight is 408 g/mol. The summed E-state index contributed by atoms with van der Waals surface area (Å²) in [6.07, 6.45) is 2.77. The van der Waals surface area contributed by atoms with Gasteiger partial charge in [0.15, 0.2) is 13.2 Å². The number of carbonyl (C=O) groups excluding carboxylic acids is 3. The van der Waals surface area contributed by atoms with Gasteiger partial charge >= 0.3 is 5.97 Å². The second kappa shape index (κ2) is 10.8. The molecule has 7 heteroatoms. The van der Waals surface area contributed by atoms with Crippen molar-refractivity contribution in [2.75, 3.05) is 32.8 Å². The van der Waals surface area contributed by atoms with E-state index in [0.29, 0.717) is 18.8 Å². The van der Waals surface area contributed by atoms with Crippen molar-refractivity contribution >= 4 is 23.4 Å². The third-order valence-electron chi connectivity index (χ3n) is 4.61. The summed E-state index contributed by atoms with van der Waals surface area (Å²) in [5.41, 5.74) is 2.36. The number of nitrogens with zero attached hydrogens (tertiary/aromatic N) is 1. The molecule has 0 unspecified atom stereocenters. The second-order valence-electron chi connectivity index (χ2n) is 6.72. The summed E-state index contributed by atoms with van der Waals surface area (Å²) in [6, 6.07) is 18.9. The van der Waals surface area contributed by atoms with E-state index < -0.39 is 11.9 Å². The first kappa shape index (κ1) is 21.1. The quantitative estimate of drug-likeness (QED) is 0.676. The smallest absolute Gasteiger partial charge is 0.325 e. The van der Waals surface area contributed by atoms with E-state index in [1.807, 2.05) is 42.5 Å². The number of rotatable bonds is 8. The maximum atomic E-state index is 12.3. The Morgan fingerprint density at radius 2 is 1.63 bits per heavy atom. The summed E-state index contributed by atoms with van der Waals surface area (Å²) < 4.78 is 10.3. The molecule has 1 N–H and O–H groups in total. The lowest BCUT2D eigenvalue weighted by molar-refractivity contribution is -0.151. The molecule has 0 bridgehead atoms. The van der Waals surface area contributed by atoms with Crippen molar-refractivity contribution in [1.29, 1.82) is 0 Å². The van der Waals surface area contributed by atoms with Gasteiger partial charge in [0.2, 0.25) is 0 Å². The highest BCUT2D eigenvalue weighted by Crippen LogP contribution is 2.21. The maximum absolute atomic E-state index is 12.3.